The van der Waals surface area contributed by atoms with Crippen molar-refractivity contribution in [1.29, 1.82) is 0 Å². The topological polar surface area (TPSA) is 108 Å². The summed E-state index contributed by atoms with van der Waals surface area (Å²) in [5.74, 6) is -0.830. The zero-order valence-electron chi connectivity index (χ0n) is 50.1. The number of rotatable bonds is 54. The fraction of sp³-hybridized carbons (Fsp3) is 0.618. The van der Waals surface area contributed by atoms with Gasteiger partial charge >= 0.3 is 19.8 Å². The molecule has 2 unspecified atom stereocenters. The molecule has 0 aromatic carbocycles. The van der Waals surface area contributed by atoms with Crippen molar-refractivity contribution in [2.45, 2.75) is 225 Å². The highest BCUT2D eigenvalue weighted by molar-refractivity contribution is 7.47. The van der Waals surface area contributed by atoms with Crippen molar-refractivity contribution in [3.63, 3.8) is 0 Å². The summed E-state index contributed by atoms with van der Waals surface area (Å²) in [6.07, 6.45) is 85.0. The van der Waals surface area contributed by atoms with Crippen molar-refractivity contribution in [2.75, 3.05) is 47.5 Å². The van der Waals surface area contributed by atoms with Gasteiger partial charge in [0.2, 0.25) is 0 Å². The standard InChI is InChI=1S/C68H112NO8P/c1-6-8-10-12-14-16-18-20-22-23-24-25-26-27-28-29-30-31-32-33-34-35-36-37-38-39-40-41-42-43-44-45-47-49-51-53-55-57-59-61-68(71)77-66(65-76-78(72,73)75-63-62-69(3,4)5)64-74-67(70)60-58-56-54-52-50-48-46-21-19-17-15-13-11-9-7-2/h8-11,14-17,20-22,24-25,27-28,30-31,33-34,36-37,39-40,46,66H,6-7,12-13,18-19,23,26,29,32,35,38,41-45,47-65H2,1-5H3/p+1/b10-8-,11-9-,16-14-,17-15-,22-20-,25-24-,28-27-,31-30-,34-33-,37-36-,40-39-,46-21-. The molecule has 0 amide bonds. The molecule has 0 radical (unpaired) electrons. The highest BCUT2D eigenvalue weighted by Gasteiger charge is 2.27. The number of likely N-dealkylation sites (N-methyl/N-ethyl adjacent to an activating group) is 1. The quantitative estimate of drug-likeness (QED) is 0.0211. The number of ether oxygens (including phenoxy) is 2. The molecule has 0 bridgehead atoms. The lowest BCUT2D eigenvalue weighted by Crippen LogP contribution is -2.37. The van der Waals surface area contributed by atoms with Crippen LogP contribution in [-0.2, 0) is 32.7 Å². The van der Waals surface area contributed by atoms with Gasteiger partial charge < -0.3 is 18.9 Å². The molecule has 0 aliphatic heterocycles. The highest BCUT2D eigenvalue weighted by atomic mass is 31.2. The molecule has 0 saturated heterocycles. The van der Waals surface area contributed by atoms with Crippen LogP contribution in [0.15, 0.2) is 146 Å². The van der Waals surface area contributed by atoms with E-state index in [0.717, 1.165) is 135 Å². The van der Waals surface area contributed by atoms with Crippen molar-refractivity contribution in [3.8, 4) is 0 Å². The predicted octanol–water partition coefficient (Wildman–Crippen LogP) is 19.5. The lowest BCUT2D eigenvalue weighted by atomic mass is 10.0. The van der Waals surface area contributed by atoms with Crippen molar-refractivity contribution in [3.05, 3.63) is 146 Å². The number of hydrogen-bond acceptors (Lipinski definition) is 7. The van der Waals surface area contributed by atoms with Gasteiger partial charge in [-0.15, -0.1) is 0 Å². The molecule has 78 heavy (non-hydrogen) atoms. The van der Waals surface area contributed by atoms with Crippen LogP contribution in [0.5, 0.6) is 0 Å². The van der Waals surface area contributed by atoms with E-state index in [-0.39, 0.29) is 32.0 Å². The van der Waals surface area contributed by atoms with E-state index in [2.05, 4.69) is 160 Å². The molecule has 0 aliphatic carbocycles. The SMILES string of the molecule is CC/C=C\C/C=C\C/C=C\C/C=C\C/C=C\C/C=C\C/C=C\C/C=C\C/C=C\CCCCCCCCCCCCCC(=O)OC(COC(=O)CCCCCCC/C=C\C/C=C\C/C=C\CC)COP(=O)(O)OCC[N+](C)(C)C. The van der Waals surface area contributed by atoms with Gasteiger partial charge in [-0.05, 0) is 116 Å². The summed E-state index contributed by atoms with van der Waals surface area (Å²) in [7, 11) is 1.45. The second-order valence-electron chi connectivity index (χ2n) is 21.0. The van der Waals surface area contributed by atoms with Gasteiger partial charge in [-0.2, -0.15) is 0 Å². The number of carbonyl (C=O) groups excluding carboxylic acids is 2. The van der Waals surface area contributed by atoms with Gasteiger partial charge in [-0.1, -0.05) is 237 Å². The van der Waals surface area contributed by atoms with E-state index in [9.17, 15) is 19.0 Å². The Morgan fingerprint density at radius 1 is 0.397 bits per heavy atom. The zero-order valence-corrected chi connectivity index (χ0v) is 51.0. The first-order valence-electron chi connectivity index (χ1n) is 30.6. The minimum absolute atomic E-state index is 0.0211. The second-order valence-corrected chi connectivity index (χ2v) is 22.4. The maximum Gasteiger partial charge on any atom is 0.472 e. The molecule has 0 aromatic rings. The summed E-state index contributed by atoms with van der Waals surface area (Å²) in [5.41, 5.74) is 0. The summed E-state index contributed by atoms with van der Waals surface area (Å²) in [6, 6.07) is 0. The van der Waals surface area contributed by atoms with E-state index in [0.29, 0.717) is 23.9 Å². The average molecular weight is 1100 g/mol. The molecule has 0 heterocycles. The molecular formula is C68H113NO8P+. The third kappa shape index (κ3) is 61.1. The van der Waals surface area contributed by atoms with Crippen LogP contribution in [0.4, 0.5) is 0 Å². The molecule has 9 nitrogen and oxygen atoms in total. The van der Waals surface area contributed by atoms with Gasteiger partial charge in [0.15, 0.2) is 6.10 Å². The van der Waals surface area contributed by atoms with Crippen molar-refractivity contribution in [1.82, 2.24) is 0 Å². The van der Waals surface area contributed by atoms with Gasteiger partial charge in [0, 0.05) is 12.8 Å². The third-order valence-electron chi connectivity index (χ3n) is 12.4. The van der Waals surface area contributed by atoms with E-state index in [1.807, 2.05) is 21.1 Å². The molecule has 0 rings (SSSR count). The number of nitrogens with zero attached hydrogens (tertiary/aromatic N) is 1. The fourth-order valence-electron chi connectivity index (χ4n) is 7.73. The maximum atomic E-state index is 12.8. The predicted molar refractivity (Wildman–Crippen MR) is 334 cm³/mol. The summed E-state index contributed by atoms with van der Waals surface area (Å²) in [5, 5.41) is 0. The van der Waals surface area contributed by atoms with Crippen LogP contribution in [0.25, 0.3) is 0 Å². The van der Waals surface area contributed by atoms with Crippen LogP contribution in [0, 0.1) is 0 Å². The largest absolute Gasteiger partial charge is 0.472 e. The average Bonchev–Trinajstić information content (AvgIpc) is 3.41. The molecule has 10 heteroatoms. The lowest BCUT2D eigenvalue weighted by molar-refractivity contribution is -0.870. The van der Waals surface area contributed by atoms with Gasteiger partial charge in [0.05, 0.1) is 27.7 Å². The number of unbranched alkanes of at least 4 members (excludes halogenated alkanes) is 16. The smallest absolute Gasteiger partial charge is 0.462 e. The van der Waals surface area contributed by atoms with Crippen LogP contribution >= 0.6 is 7.82 Å². The Kier molecular flexibility index (Phi) is 54.5. The maximum absolute atomic E-state index is 12.8. The monoisotopic (exact) mass is 1100 g/mol. The molecule has 442 valence electrons. The number of carbonyl (C=O) groups is 2. The van der Waals surface area contributed by atoms with E-state index in [1.165, 1.54) is 44.9 Å². The molecule has 1 N–H and O–H groups in total. The second kappa shape index (κ2) is 57.6. The summed E-state index contributed by atoms with van der Waals surface area (Å²) < 4.78 is 34.5. The Bertz CT molecular complexity index is 1820. The Balaban J connectivity index is 4.10. The van der Waals surface area contributed by atoms with Gasteiger partial charge in [-0.25, -0.2) is 4.57 Å². The van der Waals surface area contributed by atoms with Gasteiger partial charge in [0.1, 0.15) is 19.8 Å². The van der Waals surface area contributed by atoms with Crippen LogP contribution < -0.4 is 0 Å². The van der Waals surface area contributed by atoms with Crippen LogP contribution in [0.2, 0.25) is 0 Å². The van der Waals surface area contributed by atoms with Crippen LogP contribution in [0.1, 0.15) is 219 Å². The van der Waals surface area contributed by atoms with Crippen molar-refractivity contribution in [2.24, 2.45) is 0 Å². The fourth-order valence-corrected chi connectivity index (χ4v) is 8.47. The Hall–Kier alpha value is -4.11. The first-order chi connectivity index (χ1) is 38.0. The number of phosphoric acid groups is 1. The lowest BCUT2D eigenvalue weighted by Gasteiger charge is -2.24. The first-order valence-corrected chi connectivity index (χ1v) is 32.1. The molecule has 0 spiro atoms. The molecule has 0 fully saturated rings. The Morgan fingerprint density at radius 2 is 0.692 bits per heavy atom. The number of hydrogen-bond donors (Lipinski definition) is 1. The molecule has 0 saturated carbocycles. The van der Waals surface area contributed by atoms with E-state index < -0.39 is 26.5 Å². The number of esters is 2. The van der Waals surface area contributed by atoms with Crippen molar-refractivity contribution < 1.29 is 42.1 Å². The minimum atomic E-state index is -4.40. The van der Waals surface area contributed by atoms with E-state index in [1.54, 1.807) is 0 Å². The Morgan fingerprint density at radius 3 is 1.03 bits per heavy atom. The van der Waals surface area contributed by atoms with Crippen molar-refractivity contribution >= 4 is 19.8 Å². The molecule has 0 aliphatic rings. The molecular weight excluding hydrogens is 990 g/mol. The minimum Gasteiger partial charge on any atom is -0.462 e. The number of quaternary nitrogens is 1. The normalized spacial score (nSPS) is 14.3. The van der Waals surface area contributed by atoms with Gasteiger partial charge in [0.25, 0.3) is 0 Å². The summed E-state index contributed by atoms with van der Waals surface area (Å²) in [6.45, 7) is 4.16. The Labute approximate surface area is 478 Å². The van der Waals surface area contributed by atoms with E-state index in [4.69, 9.17) is 18.5 Å². The molecule has 2 atom stereocenters. The van der Waals surface area contributed by atoms with E-state index >= 15 is 0 Å². The summed E-state index contributed by atoms with van der Waals surface area (Å²) >= 11 is 0. The van der Waals surface area contributed by atoms with Crippen LogP contribution in [-0.4, -0.2) is 74.9 Å². The summed E-state index contributed by atoms with van der Waals surface area (Å²) in [4.78, 5) is 35.7. The first kappa shape index (κ1) is 73.9. The third-order valence-corrected chi connectivity index (χ3v) is 13.3. The number of allylic oxidation sites excluding steroid dienone is 24. The van der Waals surface area contributed by atoms with Gasteiger partial charge in [-0.3, -0.25) is 18.6 Å². The molecule has 0 aromatic heterocycles. The van der Waals surface area contributed by atoms with Crippen LogP contribution in [0.3, 0.4) is 0 Å². The number of phosphoric ester groups is 1. The zero-order chi connectivity index (χ0) is 57.0. The highest BCUT2D eigenvalue weighted by Crippen LogP contribution is 2.43.